The topological polar surface area (TPSA) is 66.5 Å². The zero-order valence-electron chi connectivity index (χ0n) is 15.3. The van der Waals surface area contributed by atoms with E-state index in [-0.39, 0.29) is 5.91 Å². The number of rotatable bonds is 4. The molecule has 0 N–H and O–H groups in total. The Morgan fingerprint density at radius 1 is 0.963 bits per heavy atom. The second-order valence-corrected chi connectivity index (χ2v) is 6.34. The maximum absolute atomic E-state index is 12.9. The molecule has 7 nitrogen and oxygen atoms in total. The first kappa shape index (κ1) is 17.3. The van der Waals surface area contributed by atoms with E-state index >= 15 is 0 Å². The van der Waals surface area contributed by atoms with Crippen LogP contribution in [0.25, 0.3) is 0 Å². The molecule has 0 saturated heterocycles. The fourth-order valence-electron chi connectivity index (χ4n) is 3.15. The maximum Gasteiger partial charge on any atom is 0.254 e. The summed E-state index contributed by atoms with van der Waals surface area (Å²) in [5.74, 6) is 2.85. The van der Waals surface area contributed by atoms with Gasteiger partial charge in [-0.05, 0) is 29.8 Å². The first-order valence-electron chi connectivity index (χ1n) is 8.77. The van der Waals surface area contributed by atoms with Gasteiger partial charge in [-0.25, -0.2) is 0 Å². The summed E-state index contributed by atoms with van der Waals surface area (Å²) in [6.45, 7) is 2.42. The minimum atomic E-state index is -0.139. The molecule has 0 bridgehead atoms. The predicted molar refractivity (Wildman–Crippen MR) is 97.2 cm³/mol. The third kappa shape index (κ3) is 3.45. The van der Waals surface area contributed by atoms with E-state index in [0.29, 0.717) is 61.5 Å². The van der Waals surface area contributed by atoms with Crippen LogP contribution in [0.5, 0.6) is 28.7 Å². The lowest BCUT2D eigenvalue weighted by atomic mass is 10.1. The van der Waals surface area contributed by atoms with Crippen molar-refractivity contribution in [1.82, 2.24) is 4.90 Å². The molecule has 0 saturated carbocycles. The number of carbonyl (C=O) groups excluding carboxylic acids is 1. The lowest BCUT2D eigenvalue weighted by Gasteiger charge is -2.23. The SMILES string of the molecule is COc1cc(C(=O)N(C)Cc2ccc3c(c2)OCCO3)cc2c1OCCO2. The van der Waals surface area contributed by atoms with E-state index < -0.39 is 0 Å². The maximum atomic E-state index is 12.9. The van der Waals surface area contributed by atoms with Crippen LogP contribution in [0.4, 0.5) is 0 Å². The van der Waals surface area contributed by atoms with Crippen LogP contribution in [-0.2, 0) is 6.54 Å². The van der Waals surface area contributed by atoms with Gasteiger partial charge in [0.2, 0.25) is 5.75 Å². The van der Waals surface area contributed by atoms with Gasteiger partial charge in [0.25, 0.3) is 5.91 Å². The van der Waals surface area contributed by atoms with Crippen LogP contribution < -0.4 is 23.7 Å². The molecule has 0 atom stereocenters. The molecule has 142 valence electrons. The second-order valence-electron chi connectivity index (χ2n) is 6.34. The quantitative estimate of drug-likeness (QED) is 0.823. The lowest BCUT2D eigenvalue weighted by molar-refractivity contribution is 0.0783. The molecule has 0 fully saturated rings. The van der Waals surface area contributed by atoms with Crippen molar-refractivity contribution >= 4 is 5.91 Å². The van der Waals surface area contributed by atoms with Crippen LogP contribution >= 0.6 is 0 Å². The highest BCUT2D eigenvalue weighted by Crippen LogP contribution is 2.40. The van der Waals surface area contributed by atoms with Gasteiger partial charge < -0.3 is 28.6 Å². The summed E-state index contributed by atoms with van der Waals surface area (Å²) < 4.78 is 27.7. The zero-order valence-corrected chi connectivity index (χ0v) is 15.3. The molecule has 2 aliphatic heterocycles. The minimum absolute atomic E-state index is 0.139. The highest BCUT2D eigenvalue weighted by molar-refractivity contribution is 5.95. The van der Waals surface area contributed by atoms with Crippen molar-refractivity contribution < 1.29 is 28.5 Å². The number of fused-ring (bicyclic) bond motifs is 2. The number of nitrogens with zero attached hydrogens (tertiary/aromatic N) is 1. The van der Waals surface area contributed by atoms with Crippen LogP contribution in [0, 0.1) is 0 Å². The van der Waals surface area contributed by atoms with Crippen molar-refractivity contribution in [2.24, 2.45) is 0 Å². The Balaban J connectivity index is 1.54. The summed E-state index contributed by atoms with van der Waals surface area (Å²) >= 11 is 0. The van der Waals surface area contributed by atoms with Crippen molar-refractivity contribution in [3.8, 4) is 28.7 Å². The minimum Gasteiger partial charge on any atom is -0.493 e. The van der Waals surface area contributed by atoms with Gasteiger partial charge in [0.15, 0.2) is 23.0 Å². The Morgan fingerprint density at radius 3 is 2.44 bits per heavy atom. The number of ether oxygens (including phenoxy) is 5. The smallest absolute Gasteiger partial charge is 0.254 e. The van der Waals surface area contributed by atoms with Crippen molar-refractivity contribution in [2.75, 3.05) is 40.6 Å². The Labute approximate surface area is 157 Å². The van der Waals surface area contributed by atoms with Gasteiger partial charge in [0.1, 0.15) is 26.4 Å². The summed E-state index contributed by atoms with van der Waals surface area (Å²) in [7, 11) is 3.29. The molecule has 0 radical (unpaired) electrons. The molecule has 2 aromatic rings. The van der Waals surface area contributed by atoms with E-state index in [9.17, 15) is 4.79 Å². The number of hydrogen-bond acceptors (Lipinski definition) is 6. The number of benzene rings is 2. The first-order valence-corrected chi connectivity index (χ1v) is 8.77. The average Bonchev–Trinajstić information content (AvgIpc) is 2.72. The van der Waals surface area contributed by atoms with Crippen LogP contribution in [0.3, 0.4) is 0 Å². The Bertz CT molecular complexity index is 849. The Morgan fingerprint density at radius 2 is 1.67 bits per heavy atom. The summed E-state index contributed by atoms with van der Waals surface area (Å²) in [5, 5.41) is 0. The largest absolute Gasteiger partial charge is 0.493 e. The van der Waals surface area contributed by atoms with E-state index in [0.717, 1.165) is 11.3 Å². The van der Waals surface area contributed by atoms with E-state index in [2.05, 4.69) is 0 Å². The van der Waals surface area contributed by atoms with Gasteiger partial charge in [0, 0.05) is 19.2 Å². The van der Waals surface area contributed by atoms with Gasteiger partial charge in [0.05, 0.1) is 7.11 Å². The van der Waals surface area contributed by atoms with Crippen molar-refractivity contribution in [3.05, 3.63) is 41.5 Å². The number of carbonyl (C=O) groups is 1. The van der Waals surface area contributed by atoms with E-state index in [1.807, 2.05) is 18.2 Å². The first-order chi connectivity index (χ1) is 13.2. The van der Waals surface area contributed by atoms with Crippen molar-refractivity contribution in [3.63, 3.8) is 0 Å². The van der Waals surface area contributed by atoms with Crippen molar-refractivity contribution in [1.29, 1.82) is 0 Å². The number of amides is 1. The highest BCUT2D eigenvalue weighted by atomic mass is 16.6. The molecular formula is C20H21NO6. The van der Waals surface area contributed by atoms with E-state index in [1.165, 1.54) is 0 Å². The summed E-state index contributed by atoms with van der Waals surface area (Å²) in [4.78, 5) is 14.5. The molecule has 2 heterocycles. The Hall–Kier alpha value is -3.09. The molecule has 27 heavy (non-hydrogen) atoms. The van der Waals surface area contributed by atoms with Crippen molar-refractivity contribution in [2.45, 2.75) is 6.54 Å². The summed E-state index contributed by atoms with van der Waals surface area (Å²) in [6, 6.07) is 9.08. The molecular weight excluding hydrogens is 350 g/mol. The summed E-state index contributed by atoms with van der Waals surface area (Å²) in [5.41, 5.74) is 1.44. The molecule has 2 aliphatic rings. The second kappa shape index (κ2) is 7.26. The fraction of sp³-hybridized carbons (Fsp3) is 0.350. The predicted octanol–water partition coefficient (Wildman–Crippen LogP) is 2.51. The van der Waals surface area contributed by atoms with E-state index in [1.54, 1.807) is 31.2 Å². The number of methoxy groups -OCH3 is 1. The molecule has 7 heteroatoms. The molecule has 0 unspecified atom stereocenters. The number of hydrogen-bond donors (Lipinski definition) is 0. The monoisotopic (exact) mass is 371 g/mol. The van der Waals surface area contributed by atoms with Crippen LogP contribution in [0.15, 0.2) is 30.3 Å². The van der Waals surface area contributed by atoms with Gasteiger partial charge in [-0.15, -0.1) is 0 Å². The average molecular weight is 371 g/mol. The molecule has 1 amide bonds. The standard InChI is InChI=1S/C20H21NO6/c1-21(12-13-3-4-15-16(9-13)25-6-5-24-15)20(22)14-10-17(23-2)19-18(11-14)26-7-8-27-19/h3-4,9-11H,5-8,12H2,1-2H3. The lowest BCUT2D eigenvalue weighted by Crippen LogP contribution is -2.27. The molecule has 0 aliphatic carbocycles. The Kier molecular flexibility index (Phi) is 4.66. The normalized spacial score (nSPS) is 14.4. The molecule has 0 spiro atoms. The molecule has 0 aromatic heterocycles. The van der Waals surface area contributed by atoms with E-state index in [4.69, 9.17) is 23.7 Å². The van der Waals surface area contributed by atoms with Gasteiger partial charge in [-0.2, -0.15) is 0 Å². The third-order valence-corrected chi connectivity index (χ3v) is 4.45. The van der Waals surface area contributed by atoms with Crippen LogP contribution in [0.2, 0.25) is 0 Å². The van der Waals surface area contributed by atoms with Gasteiger partial charge in [-0.1, -0.05) is 6.07 Å². The summed E-state index contributed by atoms with van der Waals surface area (Å²) in [6.07, 6.45) is 0. The molecule has 2 aromatic carbocycles. The zero-order chi connectivity index (χ0) is 18.8. The fourth-order valence-corrected chi connectivity index (χ4v) is 3.15. The third-order valence-electron chi connectivity index (χ3n) is 4.45. The van der Waals surface area contributed by atoms with Gasteiger partial charge in [-0.3, -0.25) is 4.79 Å². The van der Waals surface area contributed by atoms with Crippen LogP contribution in [-0.4, -0.2) is 51.4 Å². The van der Waals surface area contributed by atoms with Crippen LogP contribution in [0.1, 0.15) is 15.9 Å². The highest BCUT2D eigenvalue weighted by Gasteiger charge is 2.23. The molecule has 4 rings (SSSR count). The van der Waals surface area contributed by atoms with Gasteiger partial charge >= 0.3 is 0 Å².